The summed E-state index contributed by atoms with van der Waals surface area (Å²) in [5.74, 6) is 1.34. The molecular weight excluding hydrogens is 261 g/mol. The lowest BCUT2D eigenvalue weighted by Gasteiger charge is -2.23. The van der Waals surface area contributed by atoms with Crippen LogP contribution in [-0.4, -0.2) is 31.6 Å². The topological polar surface area (TPSA) is 21.3 Å². The van der Waals surface area contributed by atoms with Crippen LogP contribution in [0.1, 0.15) is 19.8 Å². The summed E-state index contributed by atoms with van der Waals surface area (Å²) in [5, 5.41) is 3.58. The lowest BCUT2D eigenvalue weighted by atomic mass is 10.0. The number of rotatable bonds is 7. The summed E-state index contributed by atoms with van der Waals surface area (Å²) < 4.78 is 19.1. The molecule has 2 unspecified atom stereocenters. The molecule has 0 saturated carbocycles. The summed E-state index contributed by atoms with van der Waals surface area (Å²) in [6.45, 7) is 4.87. The van der Waals surface area contributed by atoms with Gasteiger partial charge in [-0.25, -0.2) is 4.39 Å². The van der Waals surface area contributed by atoms with E-state index in [4.69, 9.17) is 4.74 Å². The van der Waals surface area contributed by atoms with Gasteiger partial charge in [0.05, 0.1) is 6.61 Å². The molecule has 0 spiro atoms. The van der Waals surface area contributed by atoms with E-state index >= 15 is 0 Å². The van der Waals surface area contributed by atoms with Gasteiger partial charge in [-0.15, -0.1) is 11.8 Å². The molecule has 2 rings (SSSR count). The summed E-state index contributed by atoms with van der Waals surface area (Å²) in [4.78, 5) is 0.740. The third kappa shape index (κ3) is 4.48. The molecule has 0 radical (unpaired) electrons. The number of nitrogens with one attached hydrogen (secondary N) is 1. The van der Waals surface area contributed by atoms with E-state index in [1.54, 1.807) is 17.8 Å². The Bertz CT molecular complexity index is 382. The fourth-order valence-electron chi connectivity index (χ4n) is 2.30. The summed E-state index contributed by atoms with van der Waals surface area (Å²) in [5.41, 5.74) is 0. The van der Waals surface area contributed by atoms with Gasteiger partial charge in [0.2, 0.25) is 0 Å². The van der Waals surface area contributed by atoms with Crippen LogP contribution in [0.15, 0.2) is 29.2 Å². The molecule has 2 atom stereocenters. The molecular formula is C15H22FNOS. The zero-order valence-electron chi connectivity index (χ0n) is 11.4. The Kier molecular flexibility index (Phi) is 6.14. The van der Waals surface area contributed by atoms with Crippen LogP contribution in [-0.2, 0) is 4.74 Å². The van der Waals surface area contributed by atoms with E-state index in [2.05, 4.69) is 12.2 Å². The molecule has 19 heavy (non-hydrogen) atoms. The molecule has 0 aromatic heterocycles. The molecule has 4 heteroatoms. The third-order valence-corrected chi connectivity index (χ3v) is 4.61. The minimum atomic E-state index is -0.121. The van der Waals surface area contributed by atoms with Gasteiger partial charge in [0.25, 0.3) is 0 Å². The Hall–Kier alpha value is -0.580. The fourth-order valence-corrected chi connectivity index (χ4v) is 3.43. The number of hydrogen-bond donors (Lipinski definition) is 1. The van der Waals surface area contributed by atoms with Crippen LogP contribution in [0.3, 0.4) is 0 Å². The van der Waals surface area contributed by atoms with Crippen LogP contribution in [0.5, 0.6) is 0 Å². The van der Waals surface area contributed by atoms with Gasteiger partial charge in [-0.1, -0.05) is 19.1 Å². The molecule has 2 nitrogen and oxygen atoms in total. The molecule has 0 amide bonds. The quantitative estimate of drug-likeness (QED) is 0.776. The van der Waals surface area contributed by atoms with Gasteiger partial charge in [-0.2, -0.15) is 0 Å². The number of thioether (sulfide) groups is 1. The van der Waals surface area contributed by atoms with Gasteiger partial charge in [0, 0.05) is 29.2 Å². The third-order valence-electron chi connectivity index (χ3n) is 3.45. The summed E-state index contributed by atoms with van der Waals surface area (Å²) in [6.07, 6.45) is 2.23. The largest absolute Gasteiger partial charge is 0.381 e. The Balaban J connectivity index is 1.90. The first-order valence-corrected chi connectivity index (χ1v) is 7.98. The van der Waals surface area contributed by atoms with Crippen molar-refractivity contribution in [3.8, 4) is 0 Å². The minimum absolute atomic E-state index is 0.121. The second kappa shape index (κ2) is 7.88. The van der Waals surface area contributed by atoms with Gasteiger partial charge in [-0.3, -0.25) is 0 Å². The predicted molar refractivity (Wildman–Crippen MR) is 78.1 cm³/mol. The number of benzene rings is 1. The van der Waals surface area contributed by atoms with Crippen molar-refractivity contribution in [2.45, 2.75) is 30.7 Å². The van der Waals surface area contributed by atoms with Gasteiger partial charge in [0.15, 0.2) is 0 Å². The van der Waals surface area contributed by atoms with E-state index in [0.717, 1.165) is 43.2 Å². The van der Waals surface area contributed by atoms with E-state index < -0.39 is 0 Å². The summed E-state index contributed by atoms with van der Waals surface area (Å²) in [6, 6.07) is 7.40. The number of ether oxygens (including phenoxy) is 1. The van der Waals surface area contributed by atoms with E-state index in [9.17, 15) is 4.39 Å². The van der Waals surface area contributed by atoms with Crippen molar-refractivity contribution in [2.75, 3.05) is 25.5 Å². The highest BCUT2D eigenvalue weighted by Gasteiger charge is 2.25. The second-order valence-corrected chi connectivity index (χ2v) is 5.99. The van der Waals surface area contributed by atoms with Crippen LogP contribution >= 0.6 is 11.8 Å². The SMILES string of the molecule is CCCNC(CSc1ccccc1F)C1CCOC1. The molecule has 1 aromatic rings. The average Bonchev–Trinajstić information content (AvgIpc) is 2.94. The average molecular weight is 283 g/mol. The maximum atomic E-state index is 13.6. The van der Waals surface area contributed by atoms with Gasteiger partial charge < -0.3 is 10.1 Å². The van der Waals surface area contributed by atoms with Crippen molar-refractivity contribution in [3.05, 3.63) is 30.1 Å². The van der Waals surface area contributed by atoms with Crippen molar-refractivity contribution >= 4 is 11.8 Å². The smallest absolute Gasteiger partial charge is 0.136 e. The fraction of sp³-hybridized carbons (Fsp3) is 0.600. The summed E-state index contributed by atoms with van der Waals surface area (Å²) >= 11 is 1.60. The van der Waals surface area contributed by atoms with Crippen LogP contribution in [0.4, 0.5) is 4.39 Å². The highest BCUT2D eigenvalue weighted by atomic mass is 32.2. The first-order chi connectivity index (χ1) is 9.31. The van der Waals surface area contributed by atoms with Gasteiger partial charge in [0.1, 0.15) is 5.82 Å². The maximum absolute atomic E-state index is 13.6. The maximum Gasteiger partial charge on any atom is 0.136 e. The van der Waals surface area contributed by atoms with Crippen molar-refractivity contribution in [3.63, 3.8) is 0 Å². The molecule has 0 aliphatic carbocycles. The lowest BCUT2D eigenvalue weighted by Crippen LogP contribution is -2.39. The van der Waals surface area contributed by atoms with E-state index in [-0.39, 0.29) is 5.82 Å². The zero-order chi connectivity index (χ0) is 13.5. The van der Waals surface area contributed by atoms with Crippen molar-refractivity contribution < 1.29 is 9.13 Å². The zero-order valence-corrected chi connectivity index (χ0v) is 12.2. The summed E-state index contributed by atoms with van der Waals surface area (Å²) in [7, 11) is 0. The molecule has 1 aliphatic heterocycles. The molecule has 0 bridgehead atoms. The van der Waals surface area contributed by atoms with Crippen molar-refractivity contribution in [1.29, 1.82) is 0 Å². The Morgan fingerprint density at radius 3 is 3.00 bits per heavy atom. The monoisotopic (exact) mass is 283 g/mol. The molecule has 1 heterocycles. The van der Waals surface area contributed by atoms with Crippen LogP contribution in [0.25, 0.3) is 0 Å². The molecule has 1 aliphatic rings. The lowest BCUT2D eigenvalue weighted by molar-refractivity contribution is 0.179. The highest BCUT2D eigenvalue weighted by molar-refractivity contribution is 7.99. The minimum Gasteiger partial charge on any atom is -0.381 e. The molecule has 106 valence electrons. The van der Waals surface area contributed by atoms with Crippen LogP contribution < -0.4 is 5.32 Å². The molecule has 1 N–H and O–H groups in total. The van der Waals surface area contributed by atoms with Crippen molar-refractivity contribution in [1.82, 2.24) is 5.32 Å². The van der Waals surface area contributed by atoms with Crippen molar-refractivity contribution in [2.24, 2.45) is 5.92 Å². The number of halogens is 1. The predicted octanol–water partition coefficient (Wildman–Crippen LogP) is 3.32. The normalized spacial score (nSPS) is 20.6. The first-order valence-electron chi connectivity index (χ1n) is 6.99. The highest BCUT2D eigenvalue weighted by Crippen LogP contribution is 2.26. The Morgan fingerprint density at radius 2 is 2.32 bits per heavy atom. The standard InChI is InChI=1S/C15H22FNOS/c1-2-8-17-14(12-7-9-18-10-12)11-19-15-6-4-3-5-13(15)16/h3-6,12,14,17H,2,7-11H2,1H3. The van der Waals surface area contributed by atoms with E-state index in [1.807, 2.05) is 12.1 Å². The van der Waals surface area contributed by atoms with Gasteiger partial charge in [-0.05, 0) is 31.5 Å². The van der Waals surface area contributed by atoms with Gasteiger partial charge >= 0.3 is 0 Å². The Morgan fingerprint density at radius 1 is 1.47 bits per heavy atom. The molecule has 1 saturated heterocycles. The second-order valence-electron chi connectivity index (χ2n) is 4.93. The van der Waals surface area contributed by atoms with E-state index in [1.165, 1.54) is 6.07 Å². The first kappa shape index (κ1) is 14.8. The number of hydrogen-bond acceptors (Lipinski definition) is 3. The van der Waals surface area contributed by atoms with Crippen LogP contribution in [0, 0.1) is 11.7 Å². The van der Waals surface area contributed by atoms with Crippen LogP contribution in [0.2, 0.25) is 0 Å². The van der Waals surface area contributed by atoms with E-state index in [0.29, 0.717) is 12.0 Å². The Labute approximate surface area is 119 Å². The molecule has 1 aromatic carbocycles. The molecule has 1 fully saturated rings.